The Morgan fingerprint density at radius 1 is 0.970 bits per heavy atom. The van der Waals surface area contributed by atoms with Gasteiger partial charge in [0.25, 0.3) is 5.56 Å². The number of nitrogens with zero attached hydrogens (tertiary/aromatic N) is 4. The zero-order valence-electron chi connectivity index (χ0n) is 19.5. The monoisotopic (exact) mass is 456 g/mol. The molecule has 0 spiro atoms. The van der Waals surface area contributed by atoms with Gasteiger partial charge in [0.15, 0.2) is 22.7 Å². The van der Waals surface area contributed by atoms with Gasteiger partial charge >= 0.3 is 11.7 Å². The van der Waals surface area contributed by atoms with Crippen LogP contribution < -0.4 is 20.7 Å². The van der Waals surface area contributed by atoms with Gasteiger partial charge < -0.3 is 18.8 Å². The van der Waals surface area contributed by atoms with Gasteiger partial charge in [-0.2, -0.15) is 0 Å². The van der Waals surface area contributed by atoms with E-state index in [0.717, 1.165) is 10.1 Å². The second-order valence-electron chi connectivity index (χ2n) is 7.06. The van der Waals surface area contributed by atoms with Crippen LogP contribution in [-0.4, -0.2) is 45.5 Å². The summed E-state index contributed by atoms with van der Waals surface area (Å²) in [5.41, 5.74) is 0.270. The highest BCUT2D eigenvalue weighted by molar-refractivity contribution is 5.80. The lowest BCUT2D eigenvalue weighted by molar-refractivity contribution is -0.143. The van der Waals surface area contributed by atoms with Crippen LogP contribution in [0.4, 0.5) is 0 Å². The molecule has 10 nitrogen and oxygen atoms in total. The Morgan fingerprint density at radius 2 is 1.67 bits per heavy atom. The molecule has 0 fully saturated rings. The molecular formula is C23H28N4O6. The van der Waals surface area contributed by atoms with E-state index in [4.69, 9.17) is 14.2 Å². The zero-order chi connectivity index (χ0) is 24.1. The quantitative estimate of drug-likeness (QED) is 0.454. The molecular weight excluding hydrogens is 428 g/mol. The number of carbonyl (C=O) groups is 1. The van der Waals surface area contributed by atoms with Crippen LogP contribution in [0.2, 0.25) is 0 Å². The molecule has 0 saturated carbocycles. The van der Waals surface area contributed by atoms with Crippen LogP contribution >= 0.6 is 0 Å². The lowest BCUT2D eigenvalue weighted by Gasteiger charge is -2.10. The average molecular weight is 456 g/mol. The number of rotatable bonds is 9. The molecule has 0 saturated heterocycles. The van der Waals surface area contributed by atoms with E-state index in [0.29, 0.717) is 23.9 Å². The maximum Gasteiger partial charge on any atom is 0.332 e. The van der Waals surface area contributed by atoms with E-state index >= 15 is 0 Å². The van der Waals surface area contributed by atoms with Gasteiger partial charge in [0.1, 0.15) is 12.4 Å². The Balaban J connectivity index is 2.23. The van der Waals surface area contributed by atoms with Gasteiger partial charge in [0.05, 0.1) is 20.8 Å². The summed E-state index contributed by atoms with van der Waals surface area (Å²) in [6.07, 6.45) is 3.46. The smallest absolute Gasteiger partial charge is 0.332 e. The van der Waals surface area contributed by atoms with Gasteiger partial charge in [-0.05, 0) is 44.5 Å². The molecule has 0 radical (unpaired) electrons. The van der Waals surface area contributed by atoms with Crippen LogP contribution in [0.15, 0.2) is 27.8 Å². The molecule has 33 heavy (non-hydrogen) atoms. The van der Waals surface area contributed by atoms with Crippen LogP contribution in [0.3, 0.4) is 0 Å². The number of hydrogen-bond donors (Lipinski definition) is 0. The molecule has 0 aliphatic rings. The molecule has 0 amide bonds. The second-order valence-corrected chi connectivity index (χ2v) is 7.06. The third-order valence-corrected chi connectivity index (χ3v) is 5.20. The molecule has 1 aromatic carbocycles. The number of benzene rings is 1. The Kier molecular flexibility index (Phi) is 7.37. The van der Waals surface area contributed by atoms with Crippen molar-refractivity contribution < 1.29 is 19.0 Å². The lowest BCUT2D eigenvalue weighted by atomic mass is 10.2. The second kappa shape index (κ2) is 10.2. The highest BCUT2D eigenvalue weighted by atomic mass is 16.5. The molecule has 3 rings (SSSR count). The summed E-state index contributed by atoms with van der Waals surface area (Å²) in [6, 6.07) is 5.40. The van der Waals surface area contributed by atoms with Crippen molar-refractivity contribution in [1.29, 1.82) is 0 Å². The number of carbonyl (C=O) groups excluding carboxylic acids is 1. The number of fused-ring (bicyclic) bond motifs is 1. The van der Waals surface area contributed by atoms with Crippen LogP contribution in [0.5, 0.6) is 11.5 Å². The van der Waals surface area contributed by atoms with E-state index < -0.39 is 17.2 Å². The summed E-state index contributed by atoms with van der Waals surface area (Å²) in [5, 5.41) is 0. The normalized spacial score (nSPS) is 11.3. The molecule has 0 unspecified atom stereocenters. The van der Waals surface area contributed by atoms with Crippen molar-refractivity contribution in [2.45, 2.75) is 40.4 Å². The summed E-state index contributed by atoms with van der Waals surface area (Å²) in [6.45, 7) is 5.76. The van der Waals surface area contributed by atoms with Crippen LogP contribution in [-0.2, 0) is 29.2 Å². The summed E-state index contributed by atoms with van der Waals surface area (Å²) in [4.78, 5) is 42.8. The van der Waals surface area contributed by atoms with Crippen molar-refractivity contribution in [3.05, 3.63) is 50.4 Å². The van der Waals surface area contributed by atoms with E-state index in [-0.39, 0.29) is 30.9 Å². The predicted octanol–water partition coefficient (Wildman–Crippen LogP) is 2.15. The molecule has 0 aliphatic heterocycles. The van der Waals surface area contributed by atoms with Gasteiger partial charge in [-0.1, -0.05) is 12.1 Å². The van der Waals surface area contributed by atoms with Crippen molar-refractivity contribution in [2.24, 2.45) is 0 Å². The van der Waals surface area contributed by atoms with Crippen molar-refractivity contribution in [1.82, 2.24) is 18.7 Å². The molecule has 10 heteroatoms. The Labute approximate surface area is 190 Å². The Hall–Kier alpha value is -3.82. The molecule has 0 atom stereocenters. The lowest BCUT2D eigenvalue weighted by Crippen LogP contribution is -2.40. The summed E-state index contributed by atoms with van der Waals surface area (Å²) >= 11 is 0. The maximum absolute atomic E-state index is 13.1. The van der Waals surface area contributed by atoms with Gasteiger partial charge in [-0.25, -0.2) is 9.78 Å². The van der Waals surface area contributed by atoms with Crippen molar-refractivity contribution >= 4 is 29.3 Å². The van der Waals surface area contributed by atoms with Gasteiger partial charge in [-0.3, -0.25) is 18.7 Å². The number of methoxy groups -OCH3 is 2. The van der Waals surface area contributed by atoms with E-state index in [2.05, 4.69) is 4.98 Å². The molecule has 0 aliphatic carbocycles. The van der Waals surface area contributed by atoms with E-state index in [1.54, 1.807) is 59.3 Å². The van der Waals surface area contributed by atoms with Crippen molar-refractivity contribution in [3.63, 3.8) is 0 Å². The minimum absolute atomic E-state index is 0.179. The molecule has 0 bridgehead atoms. The zero-order valence-corrected chi connectivity index (χ0v) is 19.5. The highest BCUT2D eigenvalue weighted by Gasteiger charge is 2.21. The SMILES string of the molecule is CCOC(=O)Cn1c(/C=C/c2ccc(OC)c(OC)c2)nc2c1c(=O)n(CC)c(=O)n2CC. The highest BCUT2D eigenvalue weighted by Crippen LogP contribution is 2.28. The maximum atomic E-state index is 13.1. The van der Waals surface area contributed by atoms with Crippen LogP contribution in [0.1, 0.15) is 32.2 Å². The molecule has 0 N–H and O–H groups in total. The standard InChI is InChI=1S/C23H28N4O6/c1-6-25-21-20(22(29)26(7-2)23(25)30)27(14-19(28)33-8-3)18(24-21)12-10-15-9-11-16(31-4)17(13-15)32-5/h9-13H,6-8,14H2,1-5H3/b12-10+. The first kappa shape index (κ1) is 23.8. The predicted molar refractivity (Wildman–Crippen MR) is 125 cm³/mol. The number of ether oxygens (including phenoxy) is 3. The van der Waals surface area contributed by atoms with E-state index in [9.17, 15) is 14.4 Å². The third kappa shape index (κ3) is 4.55. The first-order valence-corrected chi connectivity index (χ1v) is 10.7. The number of aryl methyl sites for hydroxylation is 1. The fourth-order valence-corrected chi connectivity index (χ4v) is 3.62. The van der Waals surface area contributed by atoms with Crippen molar-refractivity contribution in [3.8, 4) is 11.5 Å². The largest absolute Gasteiger partial charge is 0.493 e. The van der Waals surface area contributed by atoms with Crippen molar-refractivity contribution in [2.75, 3.05) is 20.8 Å². The fourth-order valence-electron chi connectivity index (χ4n) is 3.62. The summed E-state index contributed by atoms with van der Waals surface area (Å²) in [7, 11) is 3.11. The number of esters is 1. The minimum atomic E-state index is -0.505. The molecule has 176 valence electrons. The van der Waals surface area contributed by atoms with Crippen LogP contribution in [0.25, 0.3) is 23.3 Å². The van der Waals surface area contributed by atoms with Gasteiger partial charge in [0, 0.05) is 13.1 Å². The van der Waals surface area contributed by atoms with Gasteiger partial charge in [-0.15, -0.1) is 0 Å². The van der Waals surface area contributed by atoms with Crippen LogP contribution in [0, 0.1) is 0 Å². The minimum Gasteiger partial charge on any atom is -0.493 e. The number of aromatic nitrogens is 4. The fraction of sp³-hybridized carbons (Fsp3) is 0.391. The summed E-state index contributed by atoms with van der Waals surface area (Å²) < 4.78 is 19.8. The first-order chi connectivity index (χ1) is 15.9. The third-order valence-electron chi connectivity index (χ3n) is 5.20. The topological polar surface area (TPSA) is 107 Å². The molecule has 2 heterocycles. The number of hydrogen-bond acceptors (Lipinski definition) is 7. The Morgan fingerprint density at radius 3 is 2.27 bits per heavy atom. The molecule has 2 aromatic heterocycles. The van der Waals surface area contributed by atoms with E-state index in [1.165, 1.54) is 9.13 Å². The van der Waals surface area contributed by atoms with E-state index in [1.807, 2.05) is 6.07 Å². The first-order valence-electron chi connectivity index (χ1n) is 10.7. The summed E-state index contributed by atoms with van der Waals surface area (Å²) in [5.74, 6) is 0.997. The molecule has 3 aromatic rings. The average Bonchev–Trinajstić information content (AvgIpc) is 3.16. The Bertz CT molecular complexity index is 1320. The van der Waals surface area contributed by atoms with Gasteiger partial charge in [0.2, 0.25) is 0 Å². The number of imidazole rings is 1.